The molecule has 0 unspecified atom stereocenters. The largest absolute Gasteiger partial charge is 0.459 e. The summed E-state index contributed by atoms with van der Waals surface area (Å²) in [6.45, 7) is 0.287. The third-order valence-corrected chi connectivity index (χ3v) is 7.24. The number of ether oxygens (including phenoxy) is 2. The lowest BCUT2D eigenvalue weighted by atomic mass is 9.98. The average molecular weight is 517 g/mol. The first-order valence-corrected chi connectivity index (χ1v) is 13.0. The minimum absolute atomic E-state index is 0.0692. The lowest BCUT2D eigenvalue weighted by Gasteiger charge is -2.19. The summed E-state index contributed by atoms with van der Waals surface area (Å²) in [6, 6.07) is 32.8. The monoisotopic (exact) mass is 516 g/mol. The van der Waals surface area contributed by atoms with Crippen molar-refractivity contribution in [1.82, 2.24) is 10.3 Å². The van der Waals surface area contributed by atoms with Crippen LogP contribution in [0.2, 0.25) is 0 Å². The molecule has 0 saturated carbocycles. The number of rotatable bonds is 8. The van der Waals surface area contributed by atoms with Gasteiger partial charge in [0.25, 0.3) is 0 Å². The first-order valence-electron chi connectivity index (χ1n) is 13.0. The first kappa shape index (κ1) is 24.5. The van der Waals surface area contributed by atoms with Gasteiger partial charge >= 0.3 is 12.1 Å². The van der Waals surface area contributed by atoms with E-state index in [2.05, 4.69) is 34.6 Å². The number of alkyl carbamates (subject to hydrolysis) is 1. The lowest BCUT2D eigenvalue weighted by molar-refractivity contribution is -0.147. The summed E-state index contributed by atoms with van der Waals surface area (Å²) >= 11 is 0. The van der Waals surface area contributed by atoms with Crippen LogP contribution in [-0.2, 0) is 27.3 Å². The number of carbonyl (C=O) groups is 2. The number of nitrogens with one attached hydrogen (secondary N) is 2. The smallest absolute Gasteiger partial charge is 0.407 e. The fourth-order valence-corrected chi connectivity index (χ4v) is 5.33. The molecule has 0 fully saturated rings. The van der Waals surface area contributed by atoms with Crippen LogP contribution in [0, 0.1) is 0 Å². The van der Waals surface area contributed by atoms with Crippen molar-refractivity contribution < 1.29 is 19.1 Å². The Bertz CT molecular complexity index is 1580. The molecule has 2 N–H and O–H groups in total. The number of carbonyl (C=O) groups excluding carboxylic acids is 2. The van der Waals surface area contributed by atoms with Crippen LogP contribution in [0.25, 0.3) is 22.0 Å². The van der Waals surface area contributed by atoms with Gasteiger partial charge in [-0.1, -0.05) is 97.1 Å². The minimum Gasteiger partial charge on any atom is -0.459 e. The number of fused-ring (bicyclic) bond motifs is 4. The third-order valence-electron chi connectivity index (χ3n) is 7.24. The fraction of sp³-hybridized carbons (Fsp3) is 0.152. The molecule has 1 aliphatic carbocycles. The van der Waals surface area contributed by atoms with Gasteiger partial charge in [0.15, 0.2) is 0 Å². The number of para-hydroxylation sites is 1. The molecule has 0 radical (unpaired) electrons. The molecular weight excluding hydrogens is 488 g/mol. The Morgan fingerprint density at radius 3 is 2.15 bits per heavy atom. The number of hydrogen-bond acceptors (Lipinski definition) is 4. The highest BCUT2D eigenvalue weighted by Crippen LogP contribution is 2.44. The predicted octanol–water partition coefficient (Wildman–Crippen LogP) is 6.36. The van der Waals surface area contributed by atoms with E-state index >= 15 is 0 Å². The molecule has 1 atom stereocenters. The highest BCUT2D eigenvalue weighted by Gasteiger charge is 2.30. The SMILES string of the molecule is O=C(N[C@@H](Cc1c[nH]c2ccccc12)C(=O)OCc1ccccc1)OCC1c2ccccc2-c2ccccc21. The quantitative estimate of drug-likeness (QED) is 0.235. The number of H-pyrrole nitrogens is 1. The lowest BCUT2D eigenvalue weighted by Crippen LogP contribution is -2.43. The zero-order valence-electron chi connectivity index (χ0n) is 21.3. The van der Waals surface area contributed by atoms with E-state index in [1.54, 1.807) is 0 Å². The molecule has 0 saturated heterocycles. The molecule has 1 heterocycles. The van der Waals surface area contributed by atoms with Crippen LogP contribution in [0.15, 0.2) is 109 Å². The van der Waals surface area contributed by atoms with Crippen LogP contribution in [0.1, 0.15) is 28.2 Å². The molecule has 6 rings (SSSR count). The maximum atomic E-state index is 13.2. The second-order valence-corrected chi connectivity index (χ2v) is 9.68. The van der Waals surface area contributed by atoms with E-state index in [-0.39, 0.29) is 25.6 Å². The highest BCUT2D eigenvalue weighted by molar-refractivity contribution is 5.86. The van der Waals surface area contributed by atoms with Gasteiger partial charge in [-0.15, -0.1) is 0 Å². The Morgan fingerprint density at radius 1 is 0.769 bits per heavy atom. The highest BCUT2D eigenvalue weighted by atomic mass is 16.6. The number of aromatic nitrogens is 1. The Kier molecular flexibility index (Phi) is 6.83. The maximum Gasteiger partial charge on any atom is 0.407 e. The van der Waals surface area contributed by atoms with E-state index in [4.69, 9.17) is 9.47 Å². The summed E-state index contributed by atoms with van der Waals surface area (Å²) in [4.78, 5) is 29.5. The van der Waals surface area contributed by atoms with Crippen molar-refractivity contribution in [2.75, 3.05) is 6.61 Å². The van der Waals surface area contributed by atoms with Gasteiger partial charge in [0.05, 0.1) is 0 Å². The summed E-state index contributed by atoms with van der Waals surface area (Å²) < 4.78 is 11.3. The molecule has 0 bridgehead atoms. The topological polar surface area (TPSA) is 80.4 Å². The number of amides is 1. The maximum absolute atomic E-state index is 13.2. The molecule has 5 aromatic rings. The zero-order valence-corrected chi connectivity index (χ0v) is 21.3. The van der Waals surface area contributed by atoms with Crippen molar-refractivity contribution in [3.8, 4) is 11.1 Å². The van der Waals surface area contributed by atoms with Crippen LogP contribution in [0.5, 0.6) is 0 Å². The molecule has 1 amide bonds. The standard InChI is InChI=1S/C33H28N2O4/c36-32(38-20-22-10-2-1-3-11-22)31(18-23-19-34-30-17-9-8-12-24(23)30)35-33(37)39-21-29-27-15-6-4-13-25(27)26-14-5-7-16-28(26)29/h1-17,19,29,31,34H,18,20-21H2,(H,35,37)/t31-/m0/s1. The Hall–Kier alpha value is -4.84. The molecular formula is C33H28N2O4. The van der Waals surface area contributed by atoms with Gasteiger partial charge in [0.2, 0.25) is 0 Å². The molecule has 4 aromatic carbocycles. The van der Waals surface area contributed by atoms with Gasteiger partial charge in [-0.3, -0.25) is 0 Å². The van der Waals surface area contributed by atoms with Gasteiger partial charge < -0.3 is 19.8 Å². The van der Waals surface area contributed by atoms with Crippen LogP contribution in [0.3, 0.4) is 0 Å². The molecule has 0 spiro atoms. The van der Waals surface area contributed by atoms with Crippen molar-refractivity contribution in [2.45, 2.75) is 25.0 Å². The van der Waals surface area contributed by atoms with Crippen molar-refractivity contribution in [2.24, 2.45) is 0 Å². The Morgan fingerprint density at radius 2 is 1.41 bits per heavy atom. The molecule has 1 aromatic heterocycles. The van der Waals surface area contributed by atoms with Gasteiger partial charge in [-0.25, -0.2) is 9.59 Å². The van der Waals surface area contributed by atoms with Gasteiger partial charge in [0.1, 0.15) is 19.3 Å². The molecule has 194 valence electrons. The van der Waals surface area contributed by atoms with Gasteiger partial charge in [0, 0.05) is 29.4 Å². The number of hydrogen-bond donors (Lipinski definition) is 2. The van der Waals surface area contributed by atoms with Crippen molar-refractivity contribution in [1.29, 1.82) is 0 Å². The first-order chi connectivity index (χ1) is 19.2. The summed E-state index contributed by atoms with van der Waals surface area (Å²) in [6.07, 6.45) is 1.47. The van der Waals surface area contributed by atoms with Gasteiger partial charge in [-0.05, 0) is 39.4 Å². The minimum atomic E-state index is -0.913. The van der Waals surface area contributed by atoms with Crippen molar-refractivity contribution in [3.05, 3.63) is 132 Å². The summed E-state index contributed by atoms with van der Waals surface area (Å²) in [5, 5.41) is 3.77. The zero-order chi connectivity index (χ0) is 26.6. The third kappa shape index (κ3) is 5.14. The van der Waals surface area contributed by atoms with E-state index in [1.807, 2.05) is 85.1 Å². The summed E-state index contributed by atoms with van der Waals surface area (Å²) in [5.74, 6) is -0.585. The average Bonchev–Trinajstić information content (AvgIpc) is 3.54. The molecule has 39 heavy (non-hydrogen) atoms. The summed E-state index contributed by atoms with van der Waals surface area (Å²) in [5.41, 5.74) is 7.31. The van der Waals surface area contributed by atoms with Crippen LogP contribution < -0.4 is 5.32 Å². The second-order valence-electron chi connectivity index (χ2n) is 9.68. The van der Waals surface area contributed by atoms with Crippen molar-refractivity contribution >= 4 is 23.0 Å². The van der Waals surface area contributed by atoms with E-state index in [9.17, 15) is 9.59 Å². The number of benzene rings is 4. The van der Waals surface area contributed by atoms with Crippen LogP contribution >= 0.6 is 0 Å². The fourth-order valence-electron chi connectivity index (χ4n) is 5.33. The van der Waals surface area contributed by atoms with E-state index in [0.717, 1.165) is 44.3 Å². The second kappa shape index (κ2) is 10.9. The van der Waals surface area contributed by atoms with Gasteiger partial charge in [-0.2, -0.15) is 0 Å². The van der Waals surface area contributed by atoms with E-state index < -0.39 is 18.1 Å². The number of aromatic amines is 1. The molecule has 6 heteroatoms. The Balaban J connectivity index is 1.17. The molecule has 1 aliphatic rings. The Labute approximate surface area is 226 Å². The molecule has 6 nitrogen and oxygen atoms in total. The van der Waals surface area contributed by atoms with E-state index in [1.165, 1.54) is 0 Å². The van der Waals surface area contributed by atoms with Crippen LogP contribution in [-0.4, -0.2) is 29.7 Å². The normalized spacial score (nSPS) is 12.9. The summed E-state index contributed by atoms with van der Waals surface area (Å²) in [7, 11) is 0. The van der Waals surface area contributed by atoms with Crippen molar-refractivity contribution in [3.63, 3.8) is 0 Å². The van der Waals surface area contributed by atoms with E-state index in [0.29, 0.717) is 0 Å². The van der Waals surface area contributed by atoms with Crippen LogP contribution in [0.4, 0.5) is 4.79 Å². The predicted molar refractivity (Wildman–Crippen MR) is 150 cm³/mol. The number of esters is 1. The molecule has 0 aliphatic heterocycles.